The fourth-order valence-electron chi connectivity index (χ4n) is 2.13. The summed E-state index contributed by atoms with van der Waals surface area (Å²) in [7, 11) is 1.87. The second kappa shape index (κ2) is 6.79. The average Bonchev–Trinajstić information content (AvgIpc) is 2.94. The zero-order chi connectivity index (χ0) is 14.5. The van der Waals surface area contributed by atoms with Crippen LogP contribution in [0.25, 0.3) is 10.9 Å². The number of carbonyl (C=O) groups excluding carboxylic acids is 1. The average molecular weight is 291 g/mol. The van der Waals surface area contributed by atoms with Crippen molar-refractivity contribution in [3.63, 3.8) is 0 Å². The van der Waals surface area contributed by atoms with E-state index in [1.54, 1.807) is 6.20 Å². The standard InChI is InChI=1S/C15H21N3OS/c1-4-20-9-8-11(2)18(3)15(19)13-7-5-6-12-10-16-17-14(12)13/h5-7,10-11H,4,8-9H2,1-3H3,(H,16,17). The molecule has 1 heterocycles. The van der Waals surface area contributed by atoms with Crippen LogP contribution < -0.4 is 0 Å². The summed E-state index contributed by atoms with van der Waals surface area (Å²) >= 11 is 1.91. The molecule has 108 valence electrons. The van der Waals surface area contributed by atoms with Crippen LogP contribution in [0.4, 0.5) is 0 Å². The Morgan fingerprint density at radius 1 is 1.50 bits per heavy atom. The third-order valence-corrected chi connectivity index (χ3v) is 4.51. The number of hydrogen-bond donors (Lipinski definition) is 1. The van der Waals surface area contributed by atoms with Crippen LogP contribution in [0.2, 0.25) is 0 Å². The van der Waals surface area contributed by atoms with Gasteiger partial charge >= 0.3 is 0 Å². The maximum atomic E-state index is 12.6. The van der Waals surface area contributed by atoms with Gasteiger partial charge in [0.1, 0.15) is 0 Å². The summed E-state index contributed by atoms with van der Waals surface area (Å²) in [4.78, 5) is 14.4. The van der Waals surface area contributed by atoms with Gasteiger partial charge in [-0.2, -0.15) is 16.9 Å². The summed E-state index contributed by atoms with van der Waals surface area (Å²) < 4.78 is 0. The third kappa shape index (κ3) is 3.15. The molecule has 4 nitrogen and oxygen atoms in total. The van der Waals surface area contributed by atoms with E-state index in [-0.39, 0.29) is 11.9 Å². The summed E-state index contributed by atoms with van der Waals surface area (Å²) in [5.74, 6) is 2.26. The fourth-order valence-corrected chi connectivity index (χ4v) is 2.93. The fraction of sp³-hybridized carbons (Fsp3) is 0.467. The minimum absolute atomic E-state index is 0.0499. The van der Waals surface area contributed by atoms with Crippen LogP contribution in [-0.4, -0.2) is 45.6 Å². The molecular formula is C15H21N3OS. The van der Waals surface area contributed by atoms with Crippen molar-refractivity contribution < 1.29 is 4.79 Å². The molecule has 1 aromatic carbocycles. The van der Waals surface area contributed by atoms with E-state index < -0.39 is 0 Å². The van der Waals surface area contributed by atoms with Gasteiger partial charge in [0.15, 0.2) is 0 Å². The maximum Gasteiger partial charge on any atom is 0.256 e. The Bertz CT molecular complexity index is 581. The van der Waals surface area contributed by atoms with E-state index in [1.165, 1.54) is 0 Å². The molecule has 0 aliphatic carbocycles. The first kappa shape index (κ1) is 14.9. The molecule has 0 spiro atoms. The first-order valence-electron chi connectivity index (χ1n) is 6.92. The van der Waals surface area contributed by atoms with Crippen LogP contribution >= 0.6 is 11.8 Å². The molecule has 2 aromatic rings. The van der Waals surface area contributed by atoms with E-state index in [1.807, 2.05) is 41.9 Å². The lowest BCUT2D eigenvalue weighted by atomic mass is 10.1. The van der Waals surface area contributed by atoms with Crippen molar-refractivity contribution in [3.8, 4) is 0 Å². The van der Waals surface area contributed by atoms with Crippen LogP contribution in [0, 0.1) is 0 Å². The highest BCUT2D eigenvalue weighted by atomic mass is 32.2. The lowest BCUT2D eigenvalue weighted by molar-refractivity contribution is 0.0743. The molecule has 0 radical (unpaired) electrons. The Morgan fingerprint density at radius 3 is 3.05 bits per heavy atom. The highest BCUT2D eigenvalue weighted by Gasteiger charge is 2.19. The zero-order valence-electron chi connectivity index (χ0n) is 12.2. The number of amides is 1. The summed E-state index contributed by atoms with van der Waals surface area (Å²) in [5, 5.41) is 7.89. The number of H-pyrrole nitrogens is 1. The van der Waals surface area contributed by atoms with Crippen LogP contribution in [-0.2, 0) is 0 Å². The number of thioether (sulfide) groups is 1. The predicted molar refractivity (Wildman–Crippen MR) is 85.3 cm³/mol. The van der Waals surface area contributed by atoms with Crippen LogP contribution in [0.5, 0.6) is 0 Å². The lowest BCUT2D eigenvalue weighted by Crippen LogP contribution is -2.35. The first-order valence-corrected chi connectivity index (χ1v) is 8.07. The van der Waals surface area contributed by atoms with Gasteiger partial charge in [-0.05, 0) is 30.9 Å². The molecule has 2 rings (SSSR count). The van der Waals surface area contributed by atoms with Gasteiger partial charge in [0.2, 0.25) is 0 Å². The molecular weight excluding hydrogens is 270 g/mol. The smallest absolute Gasteiger partial charge is 0.256 e. The molecule has 1 N–H and O–H groups in total. The Kier molecular flexibility index (Phi) is 5.06. The van der Waals surface area contributed by atoms with Crippen LogP contribution in [0.3, 0.4) is 0 Å². The SMILES string of the molecule is CCSCCC(C)N(C)C(=O)c1cccc2cn[nH]c12. The summed E-state index contributed by atoms with van der Waals surface area (Å²) in [6, 6.07) is 5.94. The van der Waals surface area contributed by atoms with Gasteiger partial charge in [-0.15, -0.1) is 0 Å². The molecule has 0 saturated carbocycles. The highest BCUT2D eigenvalue weighted by Crippen LogP contribution is 2.19. The highest BCUT2D eigenvalue weighted by molar-refractivity contribution is 7.99. The summed E-state index contributed by atoms with van der Waals surface area (Å²) in [5.41, 5.74) is 1.51. The topological polar surface area (TPSA) is 49.0 Å². The van der Waals surface area contributed by atoms with Crippen molar-refractivity contribution in [3.05, 3.63) is 30.0 Å². The normalized spacial score (nSPS) is 12.6. The van der Waals surface area contributed by atoms with Gasteiger partial charge in [-0.1, -0.05) is 19.1 Å². The van der Waals surface area contributed by atoms with Crippen molar-refractivity contribution in [2.24, 2.45) is 0 Å². The number of benzene rings is 1. The number of hydrogen-bond acceptors (Lipinski definition) is 3. The van der Waals surface area contributed by atoms with E-state index in [0.29, 0.717) is 5.56 Å². The molecule has 1 amide bonds. The molecule has 0 saturated heterocycles. The second-order valence-electron chi connectivity index (χ2n) is 4.89. The van der Waals surface area contributed by atoms with Crippen molar-refractivity contribution in [2.75, 3.05) is 18.6 Å². The predicted octanol–water partition coefficient (Wildman–Crippen LogP) is 3.17. The van der Waals surface area contributed by atoms with Crippen molar-refractivity contribution in [1.29, 1.82) is 0 Å². The third-order valence-electron chi connectivity index (χ3n) is 3.57. The van der Waals surface area contributed by atoms with Gasteiger partial charge in [-0.25, -0.2) is 0 Å². The van der Waals surface area contributed by atoms with Gasteiger partial charge in [0.25, 0.3) is 5.91 Å². The Labute approximate surface area is 123 Å². The molecule has 0 bridgehead atoms. The number of nitrogens with zero attached hydrogens (tertiary/aromatic N) is 2. The van der Waals surface area contributed by atoms with Gasteiger partial charge in [0.05, 0.1) is 17.3 Å². The van der Waals surface area contributed by atoms with Crippen LogP contribution in [0.15, 0.2) is 24.4 Å². The number of para-hydroxylation sites is 1. The minimum atomic E-state index is 0.0499. The molecule has 5 heteroatoms. The quantitative estimate of drug-likeness (QED) is 0.832. The van der Waals surface area contributed by atoms with Crippen molar-refractivity contribution >= 4 is 28.6 Å². The first-order chi connectivity index (χ1) is 9.65. The summed E-state index contributed by atoms with van der Waals surface area (Å²) in [6.45, 7) is 4.25. The minimum Gasteiger partial charge on any atom is -0.339 e. The van der Waals surface area contributed by atoms with Gasteiger partial charge in [-0.3, -0.25) is 9.89 Å². The summed E-state index contributed by atoms with van der Waals surface area (Å²) in [6.07, 6.45) is 2.76. The molecule has 1 atom stereocenters. The van der Waals surface area contributed by atoms with Gasteiger partial charge < -0.3 is 4.90 Å². The number of fused-ring (bicyclic) bond motifs is 1. The van der Waals surface area contributed by atoms with Crippen molar-refractivity contribution in [2.45, 2.75) is 26.3 Å². The number of aromatic nitrogens is 2. The molecule has 0 fully saturated rings. The number of nitrogens with one attached hydrogen (secondary N) is 1. The molecule has 20 heavy (non-hydrogen) atoms. The Balaban J connectivity index is 2.12. The monoisotopic (exact) mass is 291 g/mol. The number of aromatic amines is 1. The largest absolute Gasteiger partial charge is 0.339 e. The lowest BCUT2D eigenvalue weighted by Gasteiger charge is -2.25. The van der Waals surface area contributed by atoms with Crippen LogP contribution in [0.1, 0.15) is 30.6 Å². The van der Waals surface area contributed by atoms with E-state index in [4.69, 9.17) is 0 Å². The Morgan fingerprint density at radius 2 is 2.30 bits per heavy atom. The second-order valence-corrected chi connectivity index (χ2v) is 6.28. The van der Waals surface area contributed by atoms with Crippen molar-refractivity contribution in [1.82, 2.24) is 15.1 Å². The molecule has 0 aliphatic heterocycles. The molecule has 1 aromatic heterocycles. The Hall–Kier alpha value is -1.49. The number of rotatable bonds is 6. The van der Waals surface area contributed by atoms with Gasteiger partial charge in [0, 0.05) is 18.5 Å². The van der Waals surface area contributed by atoms with E-state index in [0.717, 1.165) is 28.8 Å². The van der Waals surface area contributed by atoms with E-state index >= 15 is 0 Å². The molecule has 1 unspecified atom stereocenters. The maximum absolute atomic E-state index is 12.6. The van der Waals surface area contributed by atoms with E-state index in [2.05, 4.69) is 24.0 Å². The molecule has 0 aliphatic rings. The zero-order valence-corrected chi connectivity index (χ0v) is 13.0. The number of carbonyl (C=O) groups is 1. The van der Waals surface area contributed by atoms with E-state index in [9.17, 15) is 4.79 Å².